The second kappa shape index (κ2) is 6.25. The molecule has 1 unspecified atom stereocenters. The highest BCUT2D eigenvalue weighted by Crippen LogP contribution is 2.26. The average molecular weight is 312 g/mol. The molecule has 0 N–H and O–H groups in total. The van der Waals surface area contributed by atoms with Gasteiger partial charge < -0.3 is 4.57 Å². The number of aryl methyl sites for hydroxylation is 1. The van der Waals surface area contributed by atoms with Crippen LogP contribution in [0.3, 0.4) is 0 Å². The first-order valence-electron chi connectivity index (χ1n) is 9.18. The predicted molar refractivity (Wildman–Crippen MR) is 94.5 cm³/mol. The summed E-state index contributed by atoms with van der Waals surface area (Å²) in [5, 5.41) is 0. The van der Waals surface area contributed by atoms with Crippen molar-refractivity contribution in [1.29, 1.82) is 0 Å². The molecule has 3 heterocycles. The van der Waals surface area contributed by atoms with Crippen LogP contribution in [-0.4, -0.2) is 51.1 Å². The smallest absolute Gasteiger partial charge is 0.124 e. The number of imidazole rings is 1. The largest absolute Gasteiger partial charge is 0.327 e. The molecule has 2 fully saturated rings. The van der Waals surface area contributed by atoms with Crippen LogP contribution in [0.25, 0.3) is 11.0 Å². The molecule has 4 nitrogen and oxygen atoms in total. The van der Waals surface area contributed by atoms with Crippen LogP contribution in [0.4, 0.5) is 0 Å². The Morgan fingerprint density at radius 1 is 1.22 bits per heavy atom. The van der Waals surface area contributed by atoms with E-state index in [1.807, 2.05) is 0 Å². The number of fused-ring (bicyclic) bond motifs is 2. The van der Waals surface area contributed by atoms with Crippen molar-refractivity contribution >= 4 is 11.0 Å². The van der Waals surface area contributed by atoms with Gasteiger partial charge in [-0.2, -0.15) is 0 Å². The Kier molecular flexibility index (Phi) is 4.12. The van der Waals surface area contributed by atoms with Crippen molar-refractivity contribution in [2.75, 3.05) is 19.6 Å². The molecule has 4 rings (SSSR count). The van der Waals surface area contributed by atoms with Gasteiger partial charge in [0.05, 0.1) is 17.6 Å². The summed E-state index contributed by atoms with van der Waals surface area (Å²) in [5.41, 5.74) is 2.43. The van der Waals surface area contributed by atoms with Crippen molar-refractivity contribution in [2.24, 2.45) is 0 Å². The molecule has 2 aromatic rings. The highest BCUT2D eigenvalue weighted by molar-refractivity contribution is 5.75. The lowest BCUT2D eigenvalue weighted by atomic mass is 10.1. The van der Waals surface area contributed by atoms with Crippen LogP contribution in [0.5, 0.6) is 0 Å². The fraction of sp³-hybridized carbons (Fsp3) is 0.632. The molecule has 1 aromatic carbocycles. The van der Waals surface area contributed by atoms with E-state index in [0.717, 1.165) is 31.1 Å². The molecule has 1 aromatic heterocycles. The fourth-order valence-electron chi connectivity index (χ4n) is 4.37. The third kappa shape index (κ3) is 2.79. The first-order valence-corrected chi connectivity index (χ1v) is 9.18. The molecule has 23 heavy (non-hydrogen) atoms. The molecule has 124 valence electrons. The monoisotopic (exact) mass is 312 g/mol. The number of piperazine rings is 1. The van der Waals surface area contributed by atoms with Crippen LogP contribution in [-0.2, 0) is 13.1 Å². The lowest BCUT2D eigenvalue weighted by molar-refractivity contribution is 0.0516. The second-order valence-electron chi connectivity index (χ2n) is 7.24. The first kappa shape index (κ1) is 15.2. The van der Waals surface area contributed by atoms with Crippen LogP contribution in [0, 0.1) is 0 Å². The number of aromatic nitrogens is 2. The Hall–Kier alpha value is -1.39. The summed E-state index contributed by atoms with van der Waals surface area (Å²) in [4.78, 5) is 10.3. The third-order valence-electron chi connectivity index (χ3n) is 5.59. The van der Waals surface area contributed by atoms with Crippen molar-refractivity contribution in [1.82, 2.24) is 19.4 Å². The molecule has 0 spiro atoms. The van der Waals surface area contributed by atoms with Gasteiger partial charge in [0.25, 0.3) is 0 Å². The molecule has 2 aliphatic heterocycles. The molecule has 0 bridgehead atoms. The van der Waals surface area contributed by atoms with Gasteiger partial charge in [0.2, 0.25) is 0 Å². The Bertz CT molecular complexity index is 677. The molecule has 0 saturated carbocycles. The van der Waals surface area contributed by atoms with Gasteiger partial charge in [0, 0.05) is 31.7 Å². The predicted octanol–water partition coefficient (Wildman–Crippen LogP) is 3.11. The molecule has 4 heteroatoms. The van der Waals surface area contributed by atoms with Gasteiger partial charge in [0.1, 0.15) is 5.82 Å². The number of rotatable bonds is 4. The van der Waals surface area contributed by atoms with Crippen molar-refractivity contribution in [3.8, 4) is 0 Å². The van der Waals surface area contributed by atoms with Crippen LogP contribution in [0.1, 0.15) is 38.9 Å². The zero-order chi connectivity index (χ0) is 15.8. The van der Waals surface area contributed by atoms with Crippen molar-refractivity contribution < 1.29 is 0 Å². The summed E-state index contributed by atoms with van der Waals surface area (Å²) >= 11 is 0. The van der Waals surface area contributed by atoms with Gasteiger partial charge in [-0.1, -0.05) is 19.1 Å². The molecule has 2 atom stereocenters. The lowest BCUT2D eigenvalue weighted by Gasteiger charge is -2.42. The van der Waals surface area contributed by atoms with Gasteiger partial charge in [-0.3, -0.25) is 9.80 Å². The molecule has 0 amide bonds. The summed E-state index contributed by atoms with van der Waals surface area (Å²) in [7, 11) is 0. The number of benzene rings is 1. The lowest BCUT2D eigenvalue weighted by Crippen LogP contribution is -2.54. The summed E-state index contributed by atoms with van der Waals surface area (Å²) in [6.07, 6.45) is 3.90. The van der Waals surface area contributed by atoms with E-state index in [-0.39, 0.29) is 0 Å². The van der Waals surface area contributed by atoms with E-state index in [9.17, 15) is 0 Å². The molecular formula is C19H28N4. The maximum atomic E-state index is 4.95. The van der Waals surface area contributed by atoms with E-state index < -0.39 is 0 Å². The molecule has 0 radical (unpaired) electrons. The second-order valence-corrected chi connectivity index (χ2v) is 7.24. The standard InChI is InChI=1S/C19H28N4/c1-3-10-23-18-9-5-4-8-17(18)20-19(23)14-22-13-16-7-6-11-21(16)12-15(22)2/h4-5,8-9,15-16H,3,6-7,10-14H2,1-2H3/t15-,16?/m1/s1. The Morgan fingerprint density at radius 2 is 2.09 bits per heavy atom. The van der Waals surface area contributed by atoms with Crippen molar-refractivity contribution in [2.45, 2.75) is 58.3 Å². The highest BCUT2D eigenvalue weighted by Gasteiger charge is 2.34. The number of nitrogens with zero attached hydrogens (tertiary/aromatic N) is 4. The Labute approximate surface area is 139 Å². The van der Waals surface area contributed by atoms with E-state index in [0.29, 0.717) is 6.04 Å². The van der Waals surface area contributed by atoms with E-state index in [2.05, 4.69) is 52.5 Å². The highest BCUT2D eigenvalue weighted by atomic mass is 15.3. The topological polar surface area (TPSA) is 24.3 Å². The number of hydrogen-bond donors (Lipinski definition) is 0. The Morgan fingerprint density at radius 3 is 2.96 bits per heavy atom. The van der Waals surface area contributed by atoms with E-state index in [1.54, 1.807) is 0 Å². The molecular weight excluding hydrogens is 284 g/mol. The Balaban J connectivity index is 1.60. The van der Waals surface area contributed by atoms with Crippen LogP contribution < -0.4 is 0 Å². The first-order chi connectivity index (χ1) is 11.3. The van der Waals surface area contributed by atoms with Gasteiger partial charge in [0.15, 0.2) is 0 Å². The van der Waals surface area contributed by atoms with Crippen LogP contribution in [0.15, 0.2) is 24.3 Å². The fourth-order valence-corrected chi connectivity index (χ4v) is 4.37. The number of hydrogen-bond acceptors (Lipinski definition) is 3. The normalized spacial score (nSPS) is 26.0. The van der Waals surface area contributed by atoms with E-state index in [4.69, 9.17) is 4.98 Å². The van der Waals surface area contributed by atoms with Crippen molar-refractivity contribution in [3.05, 3.63) is 30.1 Å². The zero-order valence-corrected chi connectivity index (χ0v) is 14.4. The summed E-state index contributed by atoms with van der Waals surface area (Å²) in [5.74, 6) is 1.24. The van der Waals surface area contributed by atoms with Crippen molar-refractivity contribution in [3.63, 3.8) is 0 Å². The average Bonchev–Trinajstić information content (AvgIpc) is 3.13. The molecule has 2 aliphatic rings. The maximum absolute atomic E-state index is 4.95. The summed E-state index contributed by atoms with van der Waals surface area (Å²) in [6.45, 7) is 10.4. The van der Waals surface area contributed by atoms with Gasteiger partial charge in [-0.25, -0.2) is 4.98 Å². The minimum Gasteiger partial charge on any atom is -0.327 e. The minimum atomic E-state index is 0.624. The maximum Gasteiger partial charge on any atom is 0.124 e. The molecule has 2 saturated heterocycles. The molecule has 0 aliphatic carbocycles. The number of para-hydroxylation sites is 2. The third-order valence-corrected chi connectivity index (χ3v) is 5.59. The summed E-state index contributed by atoms with van der Waals surface area (Å²) < 4.78 is 2.43. The van der Waals surface area contributed by atoms with Gasteiger partial charge in [-0.15, -0.1) is 0 Å². The van der Waals surface area contributed by atoms with Gasteiger partial charge in [-0.05, 0) is 44.9 Å². The zero-order valence-electron chi connectivity index (χ0n) is 14.4. The van der Waals surface area contributed by atoms with Gasteiger partial charge >= 0.3 is 0 Å². The minimum absolute atomic E-state index is 0.624. The summed E-state index contributed by atoms with van der Waals surface area (Å²) in [6, 6.07) is 9.97. The van der Waals surface area contributed by atoms with Crippen LogP contribution >= 0.6 is 0 Å². The van der Waals surface area contributed by atoms with E-state index >= 15 is 0 Å². The van der Waals surface area contributed by atoms with E-state index in [1.165, 1.54) is 43.8 Å². The van der Waals surface area contributed by atoms with Crippen LogP contribution in [0.2, 0.25) is 0 Å². The SMILES string of the molecule is CCCn1c(CN2CC3CCCN3C[C@H]2C)nc2ccccc21. The quantitative estimate of drug-likeness (QED) is 0.867.